The Morgan fingerprint density at radius 1 is 1.35 bits per heavy atom. The van der Waals surface area contributed by atoms with Crippen LogP contribution in [0.3, 0.4) is 0 Å². The molecule has 0 spiro atoms. The second kappa shape index (κ2) is 7.41. The molecule has 1 rings (SSSR count). The molecule has 0 heterocycles. The minimum absolute atomic E-state index is 0.257. The summed E-state index contributed by atoms with van der Waals surface area (Å²) in [5, 5.41) is 0. The van der Waals surface area contributed by atoms with Crippen molar-refractivity contribution in [2.45, 2.75) is 11.8 Å². The lowest BCUT2D eigenvalue weighted by molar-refractivity contribution is 0.412. The zero-order chi connectivity index (χ0) is 15.2. The highest BCUT2D eigenvalue weighted by Gasteiger charge is 2.14. The Labute approximate surface area is 121 Å². The van der Waals surface area contributed by atoms with Gasteiger partial charge in [0, 0.05) is 18.7 Å². The summed E-state index contributed by atoms with van der Waals surface area (Å²) in [4.78, 5) is 2.17. The van der Waals surface area contributed by atoms with Gasteiger partial charge in [-0.05, 0) is 44.8 Å². The third-order valence-corrected chi connectivity index (χ3v) is 4.14. The molecular formula is C14H21N3O2S. The number of likely N-dealkylation sites (N-methyl/N-ethyl adjacent to an activating group) is 1. The lowest BCUT2D eigenvalue weighted by Gasteiger charge is -2.11. The minimum atomic E-state index is -3.47. The standard InChI is InChI=1S/C14H21N3O2S/c1-12-11-14(7-6-13(12)5-4-8-15)20(18,19)16-9-10-17(2)3/h6-7,11,16H,8-10,15H2,1-3H3. The van der Waals surface area contributed by atoms with Gasteiger partial charge in [-0.2, -0.15) is 0 Å². The lowest BCUT2D eigenvalue weighted by Crippen LogP contribution is -2.31. The molecule has 0 aliphatic heterocycles. The molecular weight excluding hydrogens is 274 g/mol. The molecule has 0 unspecified atom stereocenters. The van der Waals surface area contributed by atoms with E-state index in [-0.39, 0.29) is 11.4 Å². The third-order valence-electron chi connectivity index (χ3n) is 2.68. The summed E-state index contributed by atoms with van der Waals surface area (Å²) in [7, 11) is 0.319. The molecule has 0 saturated carbocycles. The number of nitrogens with two attached hydrogens (primary N) is 1. The van der Waals surface area contributed by atoms with Gasteiger partial charge in [0.05, 0.1) is 11.4 Å². The summed E-state index contributed by atoms with van der Waals surface area (Å²) in [5.41, 5.74) is 6.94. The van der Waals surface area contributed by atoms with Crippen molar-refractivity contribution in [1.29, 1.82) is 0 Å². The highest BCUT2D eigenvalue weighted by atomic mass is 32.2. The van der Waals surface area contributed by atoms with E-state index in [0.29, 0.717) is 13.1 Å². The number of aryl methyl sites for hydroxylation is 1. The molecule has 0 aliphatic rings. The van der Waals surface area contributed by atoms with E-state index in [1.165, 1.54) is 0 Å². The summed E-state index contributed by atoms with van der Waals surface area (Å²) in [6, 6.07) is 4.89. The molecule has 0 saturated heterocycles. The van der Waals surface area contributed by atoms with Crippen LogP contribution in [0.2, 0.25) is 0 Å². The Bertz CT molecular complexity index is 613. The number of sulfonamides is 1. The largest absolute Gasteiger partial charge is 0.320 e. The van der Waals surface area contributed by atoms with E-state index in [2.05, 4.69) is 16.6 Å². The predicted octanol–water partition coefficient (Wildman–Crippen LogP) is 0.145. The fraction of sp³-hybridized carbons (Fsp3) is 0.429. The van der Waals surface area contributed by atoms with E-state index in [0.717, 1.165) is 11.1 Å². The fourth-order valence-electron chi connectivity index (χ4n) is 1.58. The Morgan fingerprint density at radius 3 is 2.60 bits per heavy atom. The van der Waals surface area contributed by atoms with Gasteiger partial charge >= 0.3 is 0 Å². The normalized spacial score (nSPS) is 11.2. The van der Waals surface area contributed by atoms with Crippen LogP contribution in [0.4, 0.5) is 0 Å². The average Bonchev–Trinajstić information content (AvgIpc) is 2.36. The van der Waals surface area contributed by atoms with E-state index < -0.39 is 10.0 Å². The highest BCUT2D eigenvalue weighted by Crippen LogP contribution is 2.14. The van der Waals surface area contributed by atoms with E-state index in [9.17, 15) is 8.42 Å². The smallest absolute Gasteiger partial charge is 0.240 e. The topological polar surface area (TPSA) is 75.4 Å². The molecule has 1 aromatic carbocycles. The zero-order valence-corrected chi connectivity index (χ0v) is 12.9. The maximum atomic E-state index is 12.1. The highest BCUT2D eigenvalue weighted by molar-refractivity contribution is 7.89. The first-order valence-corrected chi connectivity index (χ1v) is 7.79. The number of nitrogens with zero attached hydrogens (tertiary/aromatic N) is 1. The first-order valence-electron chi connectivity index (χ1n) is 6.31. The van der Waals surface area contributed by atoms with Crippen LogP contribution >= 0.6 is 0 Å². The lowest BCUT2D eigenvalue weighted by atomic mass is 10.1. The summed E-state index contributed by atoms with van der Waals surface area (Å²) < 4.78 is 26.8. The molecule has 0 aromatic heterocycles. The summed E-state index contributed by atoms with van der Waals surface area (Å²) in [6.07, 6.45) is 0. The quantitative estimate of drug-likeness (QED) is 0.758. The molecule has 0 aliphatic carbocycles. The molecule has 1 aromatic rings. The van der Waals surface area contributed by atoms with Gasteiger partial charge in [-0.1, -0.05) is 11.8 Å². The first-order chi connectivity index (χ1) is 9.36. The SMILES string of the molecule is Cc1cc(S(=O)(=O)NCCN(C)C)ccc1C#CCN. The van der Waals surface area contributed by atoms with Crippen molar-refractivity contribution < 1.29 is 8.42 Å². The van der Waals surface area contributed by atoms with Gasteiger partial charge in [0.1, 0.15) is 0 Å². The van der Waals surface area contributed by atoms with Crippen molar-refractivity contribution in [1.82, 2.24) is 9.62 Å². The molecule has 0 radical (unpaired) electrons. The molecule has 20 heavy (non-hydrogen) atoms. The van der Waals surface area contributed by atoms with Crippen LogP contribution in [0, 0.1) is 18.8 Å². The van der Waals surface area contributed by atoms with E-state index in [1.54, 1.807) is 18.2 Å². The Kier molecular flexibility index (Phi) is 6.17. The van der Waals surface area contributed by atoms with Crippen LogP contribution in [0.1, 0.15) is 11.1 Å². The zero-order valence-electron chi connectivity index (χ0n) is 12.1. The number of hydrogen-bond donors (Lipinski definition) is 2. The van der Waals surface area contributed by atoms with E-state index >= 15 is 0 Å². The average molecular weight is 295 g/mol. The fourth-order valence-corrected chi connectivity index (χ4v) is 2.68. The second-order valence-corrected chi connectivity index (χ2v) is 6.45. The summed E-state index contributed by atoms with van der Waals surface area (Å²) >= 11 is 0. The molecule has 0 atom stereocenters. The maximum Gasteiger partial charge on any atom is 0.240 e. The van der Waals surface area contributed by atoms with Crippen molar-refractivity contribution in [3.63, 3.8) is 0 Å². The molecule has 0 fully saturated rings. The maximum absolute atomic E-state index is 12.1. The van der Waals surface area contributed by atoms with Gasteiger partial charge in [-0.15, -0.1) is 0 Å². The first kappa shape index (κ1) is 16.7. The van der Waals surface area contributed by atoms with Gasteiger partial charge < -0.3 is 10.6 Å². The predicted molar refractivity (Wildman–Crippen MR) is 80.9 cm³/mol. The van der Waals surface area contributed by atoms with Crippen LogP contribution in [0.25, 0.3) is 0 Å². The van der Waals surface area contributed by atoms with E-state index in [4.69, 9.17) is 5.73 Å². The van der Waals surface area contributed by atoms with Crippen LogP contribution in [0.15, 0.2) is 23.1 Å². The number of benzene rings is 1. The molecule has 0 bridgehead atoms. The Balaban J connectivity index is 2.88. The minimum Gasteiger partial charge on any atom is -0.320 e. The van der Waals surface area contributed by atoms with Crippen molar-refractivity contribution in [2.24, 2.45) is 5.73 Å². The van der Waals surface area contributed by atoms with Crippen LogP contribution in [0.5, 0.6) is 0 Å². The Hall–Kier alpha value is -1.39. The van der Waals surface area contributed by atoms with Gasteiger partial charge in [0.25, 0.3) is 0 Å². The monoisotopic (exact) mass is 295 g/mol. The number of rotatable bonds is 5. The second-order valence-electron chi connectivity index (χ2n) is 4.68. The van der Waals surface area contributed by atoms with Crippen molar-refractivity contribution >= 4 is 10.0 Å². The van der Waals surface area contributed by atoms with Gasteiger partial charge in [-0.25, -0.2) is 13.1 Å². The van der Waals surface area contributed by atoms with Crippen molar-refractivity contribution in [2.75, 3.05) is 33.7 Å². The van der Waals surface area contributed by atoms with Crippen molar-refractivity contribution in [3.8, 4) is 11.8 Å². The third kappa shape index (κ3) is 4.94. The summed E-state index contributed by atoms with van der Waals surface area (Å²) in [5.74, 6) is 5.67. The Morgan fingerprint density at radius 2 is 2.05 bits per heavy atom. The number of nitrogens with one attached hydrogen (secondary N) is 1. The van der Waals surface area contributed by atoms with Crippen molar-refractivity contribution in [3.05, 3.63) is 29.3 Å². The van der Waals surface area contributed by atoms with Gasteiger partial charge in [0.2, 0.25) is 10.0 Å². The summed E-state index contributed by atoms with van der Waals surface area (Å²) in [6.45, 7) is 3.15. The van der Waals surface area contributed by atoms with E-state index in [1.807, 2.05) is 25.9 Å². The van der Waals surface area contributed by atoms with Gasteiger partial charge in [0.15, 0.2) is 0 Å². The van der Waals surface area contributed by atoms with Crippen LogP contribution in [-0.4, -0.2) is 47.0 Å². The molecule has 0 amide bonds. The molecule has 5 nitrogen and oxygen atoms in total. The molecule has 110 valence electrons. The molecule has 6 heteroatoms. The van der Waals surface area contributed by atoms with Gasteiger partial charge in [-0.3, -0.25) is 0 Å². The molecule has 3 N–H and O–H groups in total. The number of hydrogen-bond acceptors (Lipinski definition) is 4. The van der Waals surface area contributed by atoms with Crippen LogP contribution < -0.4 is 10.5 Å². The van der Waals surface area contributed by atoms with Crippen LogP contribution in [-0.2, 0) is 10.0 Å².